The Bertz CT molecular complexity index is 486. The summed E-state index contributed by atoms with van der Waals surface area (Å²) in [5.74, 6) is -1.51. The minimum Gasteiger partial charge on any atom is -0.480 e. The van der Waals surface area contributed by atoms with Gasteiger partial charge in [0, 0.05) is 5.69 Å². The molecule has 5 nitrogen and oxygen atoms in total. The molecule has 18 heavy (non-hydrogen) atoms. The molecule has 0 aromatic heterocycles. The van der Waals surface area contributed by atoms with Gasteiger partial charge >= 0.3 is 12.0 Å². The third-order valence-corrected chi connectivity index (χ3v) is 3.05. The number of halogens is 1. The van der Waals surface area contributed by atoms with Crippen molar-refractivity contribution in [3.8, 4) is 0 Å². The molecule has 0 aliphatic heterocycles. The lowest BCUT2D eigenvalue weighted by Gasteiger charge is -2.38. The maximum atomic E-state index is 12.9. The minimum absolute atomic E-state index is 0.285. The van der Waals surface area contributed by atoms with Crippen LogP contribution in [0.15, 0.2) is 24.3 Å². The second-order valence-corrected chi connectivity index (χ2v) is 4.33. The topological polar surface area (TPSA) is 78.4 Å². The number of carbonyl (C=O) groups excluding carboxylic acids is 1. The van der Waals surface area contributed by atoms with Crippen LogP contribution in [0.4, 0.5) is 14.9 Å². The van der Waals surface area contributed by atoms with E-state index in [2.05, 4.69) is 10.6 Å². The van der Waals surface area contributed by atoms with Gasteiger partial charge in [0.25, 0.3) is 0 Å². The number of urea groups is 1. The van der Waals surface area contributed by atoms with Gasteiger partial charge in [-0.25, -0.2) is 14.0 Å². The molecule has 0 heterocycles. The molecule has 0 radical (unpaired) electrons. The number of nitrogens with one attached hydrogen (secondary N) is 2. The van der Waals surface area contributed by atoms with E-state index in [4.69, 9.17) is 5.11 Å². The summed E-state index contributed by atoms with van der Waals surface area (Å²) in [7, 11) is 0. The number of aliphatic carboxylic acids is 1. The van der Waals surface area contributed by atoms with Crippen molar-refractivity contribution in [2.75, 3.05) is 5.32 Å². The van der Waals surface area contributed by atoms with E-state index in [1.54, 1.807) is 0 Å². The third-order valence-electron chi connectivity index (χ3n) is 3.05. The van der Waals surface area contributed by atoms with Gasteiger partial charge in [-0.1, -0.05) is 6.07 Å². The summed E-state index contributed by atoms with van der Waals surface area (Å²) in [5.41, 5.74) is -0.885. The van der Waals surface area contributed by atoms with Crippen molar-refractivity contribution in [3.05, 3.63) is 30.1 Å². The first kappa shape index (κ1) is 12.3. The van der Waals surface area contributed by atoms with Crippen molar-refractivity contribution in [2.45, 2.75) is 24.8 Å². The normalized spacial score (nSPS) is 16.5. The lowest BCUT2D eigenvalue weighted by Crippen LogP contribution is -2.60. The second-order valence-electron chi connectivity index (χ2n) is 4.33. The van der Waals surface area contributed by atoms with Crippen molar-refractivity contribution in [1.29, 1.82) is 0 Å². The lowest BCUT2D eigenvalue weighted by molar-refractivity contribution is -0.148. The molecule has 1 saturated carbocycles. The molecule has 1 aromatic carbocycles. The van der Waals surface area contributed by atoms with Gasteiger partial charge in [-0.15, -0.1) is 0 Å². The fourth-order valence-corrected chi connectivity index (χ4v) is 1.87. The number of carboxylic acid groups (broad SMARTS) is 1. The fourth-order valence-electron chi connectivity index (χ4n) is 1.87. The summed E-state index contributed by atoms with van der Waals surface area (Å²) in [4.78, 5) is 22.7. The van der Waals surface area contributed by atoms with Gasteiger partial charge in [0.1, 0.15) is 11.4 Å². The van der Waals surface area contributed by atoms with Crippen LogP contribution in [-0.4, -0.2) is 22.6 Å². The molecule has 1 aromatic rings. The predicted octanol–water partition coefficient (Wildman–Crippen LogP) is 1.95. The summed E-state index contributed by atoms with van der Waals surface area (Å²) >= 11 is 0. The van der Waals surface area contributed by atoms with Crippen LogP contribution in [0.3, 0.4) is 0 Å². The number of carboxylic acids is 1. The molecule has 1 aliphatic carbocycles. The summed E-state index contributed by atoms with van der Waals surface area (Å²) in [6, 6.07) is 4.77. The highest BCUT2D eigenvalue weighted by Crippen LogP contribution is 2.32. The molecule has 0 spiro atoms. The molecule has 96 valence electrons. The number of amides is 2. The lowest BCUT2D eigenvalue weighted by atomic mass is 9.77. The zero-order valence-corrected chi connectivity index (χ0v) is 9.57. The highest BCUT2D eigenvalue weighted by Gasteiger charge is 2.45. The van der Waals surface area contributed by atoms with Crippen LogP contribution in [0.25, 0.3) is 0 Å². The molecule has 0 saturated heterocycles. The SMILES string of the molecule is O=C(Nc1cccc(F)c1)NC1(C(=O)O)CCC1. The van der Waals surface area contributed by atoms with Crippen LogP contribution in [-0.2, 0) is 4.79 Å². The van der Waals surface area contributed by atoms with E-state index >= 15 is 0 Å². The smallest absolute Gasteiger partial charge is 0.329 e. The number of benzene rings is 1. The Morgan fingerprint density at radius 1 is 1.33 bits per heavy atom. The van der Waals surface area contributed by atoms with Crippen molar-refractivity contribution >= 4 is 17.7 Å². The highest BCUT2D eigenvalue weighted by atomic mass is 19.1. The summed E-state index contributed by atoms with van der Waals surface area (Å²) in [5, 5.41) is 13.9. The van der Waals surface area contributed by atoms with Crippen LogP contribution >= 0.6 is 0 Å². The quantitative estimate of drug-likeness (QED) is 0.769. The minimum atomic E-state index is -1.17. The molecule has 2 amide bonds. The number of hydrogen-bond acceptors (Lipinski definition) is 2. The average molecular weight is 252 g/mol. The molecule has 1 aliphatic rings. The molecule has 0 unspecified atom stereocenters. The van der Waals surface area contributed by atoms with Gasteiger partial charge in [0.05, 0.1) is 0 Å². The van der Waals surface area contributed by atoms with Gasteiger partial charge in [-0.3, -0.25) is 0 Å². The maximum absolute atomic E-state index is 12.9. The summed E-state index contributed by atoms with van der Waals surface area (Å²) in [6.45, 7) is 0. The Kier molecular flexibility index (Phi) is 3.18. The monoisotopic (exact) mass is 252 g/mol. The average Bonchev–Trinajstić information content (AvgIpc) is 2.23. The second kappa shape index (κ2) is 4.64. The predicted molar refractivity (Wildman–Crippen MR) is 62.8 cm³/mol. The summed E-state index contributed by atoms with van der Waals surface area (Å²) in [6.07, 6.45) is 1.60. The van der Waals surface area contributed by atoms with Crippen LogP contribution in [0.2, 0.25) is 0 Å². The van der Waals surface area contributed by atoms with Crippen molar-refractivity contribution in [1.82, 2.24) is 5.32 Å². The Balaban J connectivity index is 1.99. The first-order valence-electron chi connectivity index (χ1n) is 5.60. The summed E-state index contributed by atoms with van der Waals surface area (Å²) < 4.78 is 12.9. The highest BCUT2D eigenvalue weighted by molar-refractivity contribution is 5.94. The van der Waals surface area contributed by atoms with Gasteiger partial charge < -0.3 is 15.7 Å². The number of anilines is 1. The fraction of sp³-hybridized carbons (Fsp3) is 0.333. The van der Waals surface area contributed by atoms with Crippen molar-refractivity contribution in [3.63, 3.8) is 0 Å². The van der Waals surface area contributed by atoms with Gasteiger partial charge in [0.2, 0.25) is 0 Å². The van der Waals surface area contributed by atoms with E-state index in [9.17, 15) is 14.0 Å². The Morgan fingerprint density at radius 3 is 2.56 bits per heavy atom. The van der Waals surface area contributed by atoms with E-state index < -0.39 is 23.4 Å². The molecule has 0 bridgehead atoms. The Morgan fingerprint density at radius 2 is 2.06 bits per heavy atom. The first-order valence-corrected chi connectivity index (χ1v) is 5.60. The molecule has 2 rings (SSSR count). The van der Waals surface area contributed by atoms with Gasteiger partial charge in [-0.2, -0.15) is 0 Å². The molecular formula is C12H13FN2O3. The van der Waals surface area contributed by atoms with Crippen molar-refractivity contribution in [2.24, 2.45) is 0 Å². The van der Waals surface area contributed by atoms with Crippen molar-refractivity contribution < 1.29 is 19.1 Å². The Hall–Kier alpha value is -2.11. The van der Waals surface area contributed by atoms with E-state index in [0.29, 0.717) is 12.8 Å². The zero-order valence-electron chi connectivity index (χ0n) is 9.57. The molecule has 6 heteroatoms. The zero-order chi connectivity index (χ0) is 13.2. The Labute approximate surface area is 103 Å². The van der Waals surface area contributed by atoms with Crippen LogP contribution < -0.4 is 10.6 Å². The van der Waals surface area contributed by atoms with Gasteiger partial charge in [0.15, 0.2) is 0 Å². The van der Waals surface area contributed by atoms with E-state index in [0.717, 1.165) is 12.5 Å². The molecule has 1 fully saturated rings. The standard InChI is InChI=1S/C12H13FN2O3/c13-8-3-1-4-9(7-8)14-11(18)15-12(10(16)17)5-2-6-12/h1,3-4,7H,2,5-6H2,(H,16,17)(H2,14,15,18). The molecule has 0 atom stereocenters. The number of hydrogen-bond donors (Lipinski definition) is 3. The largest absolute Gasteiger partial charge is 0.480 e. The van der Waals surface area contributed by atoms with Crippen LogP contribution in [0.1, 0.15) is 19.3 Å². The van der Waals surface area contributed by atoms with Gasteiger partial charge in [-0.05, 0) is 37.5 Å². The number of rotatable bonds is 3. The van der Waals surface area contributed by atoms with Crippen LogP contribution in [0, 0.1) is 5.82 Å². The maximum Gasteiger partial charge on any atom is 0.329 e. The van der Waals surface area contributed by atoms with Crippen LogP contribution in [0.5, 0.6) is 0 Å². The van der Waals surface area contributed by atoms with E-state index in [-0.39, 0.29) is 5.69 Å². The first-order chi connectivity index (χ1) is 8.52. The molecule has 3 N–H and O–H groups in total. The van der Waals surface area contributed by atoms with E-state index in [1.165, 1.54) is 18.2 Å². The molecular weight excluding hydrogens is 239 g/mol. The van der Waals surface area contributed by atoms with E-state index in [1.807, 2.05) is 0 Å². The number of carbonyl (C=O) groups is 2. The third kappa shape index (κ3) is 2.42.